The molecule has 3 rings (SSSR count). The van der Waals surface area contributed by atoms with Gasteiger partial charge in [0.15, 0.2) is 5.72 Å². The number of ether oxygens (including phenoxy) is 2. The van der Waals surface area contributed by atoms with Crippen LogP contribution in [0.4, 0.5) is 4.79 Å². The number of carboxylic acid groups (broad SMARTS) is 1. The summed E-state index contributed by atoms with van der Waals surface area (Å²) in [5.74, 6) is 1.10. The highest BCUT2D eigenvalue weighted by atomic mass is 127. The predicted molar refractivity (Wildman–Crippen MR) is 117 cm³/mol. The van der Waals surface area contributed by atoms with E-state index in [2.05, 4.69) is 29.5 Å². The molecule has 0 heterocycles. The van der Waals surface area contributed by atoms with E-state index in [1.54, 1.807) is 12.0 Å². The lowest BCUT2D eigenvalue weighted by molar-refractivity contribution is -0.218. The minimum Gasteiger partial charge on any atom is -0.465 e. The summed E-state index contributed by atoms with van der Waals surface area (Å²) in [6.07, 6.45) is 7.26. The molecule has 4 atom stereocenters. The molecule has 1 aromatic rings. The van der Waals surface area contributed by atoms with Gasteiger partial charge in [0.25, 0.3) is 0 Å². The van der Waals surface area contributed by atoms with E-state index in [-0.39, 0.29) is 12.8 Å². The third-order valence-corrected chi connectivity index (χ3v) is 7.40. The number of nitrogens with zero attached hydrogens (tertiary/aromatic N) is 1. The SMILES string of the molecule is CCCCC[C@](OCOC)(c1ccccc1I)N(C(=O)O)C1CC2CCC1C2. The van der Waals surface area contributed by atoms with Gasteiger partial charge in [0.2, 0.25) is 0 Å². The summed E-state index contributed by atoms with van der Waals surface area (Å²) in [6, 6.07) is 8.03. The third-order valence-electron chi connectivity index (χ3n) is 6.46. The van der Waals surface area contributed by atoms with Crippen LogP contribution in [0, 0.1) is 15.4 Å². The number of amides is 1. The van der Waals surface area contributed by atoms with Gasteiger partial charge in [-0.1, -0.05) is 44.4 Å². The Bertz CT molecular complexity index is 670. The van der Waals surface area contributed by atoms with Crippen molar-refractivity contribution in [3.8, 4) is 0 Å². The quantitative estimate of drug-likeness (QED) is 0.250. The largest absolute Gasteiger partial charge is 0.465 e. The zero-order valence-corrected chi connectivity index (χ0v) is 19.1. The van der Waals surface area contributed by atoms with Crippen molar-refractivity contribution in [2.24, 2.45) is 11.8 Å². The summed E-state index contributed by atoms with van der Waals surface area (Å²) in [4.78, 5) is 14.4. The van der Waals surface area contributed by atoms with Gasteiger partial charge in [-0.25, -0.2) is 4.79 Å². The number of hydrogen-bond donors (Lipinski definition) is 1. The second-order valence-electron chi connectivity index (χ2n) is 8.17. The fourth-order valence-corrected chi connectivity index (χ4v) is 6.05. The van der Waals surface area contributed by atoms with Crippen LogP contribution < -0.4 is 0 Å². The molecule has 1 N–H and O–H groups in total. The summed E-state index contributed by atoms with van der Waals surface area (Å²) in [5.41, 5.74) is -0.0712. The van der Waals surface area contributed by atoms with Gasteiger partial charge in [0.05, 0.1) is 0 Å². The highest BCUT2D eigenvalue weighted by molar-refractivity contribution is 14.1. The number of carbonyl (C=O) groups is 1. The Labute approximate surface area is 181 Å². The van der Waals surface area contributed by atoms with Crippen LogP contribution in [0.2, 0.25) is 0 Å². The van der Waals surface area contributed by atoms with Crippen molar-refractivity contribution < 1.29 is 19.4 Å². The topological polar surface area (TPSA) is 59.0 Å². The molecule has 1 amide bonds. The van der Waals surface area contributed by atoms with Crippen LogP contribution in [0.3, 0.4) is 0 Å². The molecule has 2 aliphatic rings. The standard InChI is InChI=1S/C22H32INO4/c1-3-4-7-12-22(28-15-27-2,18-8-5-6-9-19(18)23)24(21(25)26)20-14-16-10-11-17(20)13-16/h5-6,8-9,16-17,20H,3-4,7,10-15H2,1-2H3,(H,25,26)/t16?,17?,20?,22-/m0/s1. The molecule has 2 aliphatic carbocycles. The molecule has 0 aliphatic heterocycles. The molecular formula is C22H32INO4. The van der Waals surface area contributed by atoms with Crippen molar-refractivity contribution in [3.63, 3.8) is 0 Å². The number of unbranched alkanes of at least 4 members (excludes halogenated alkanes) is 2. The Morgan fingerprint density at radius 3 is 2.64 bits per heavy atom. The van der Waals surface area contributed by atoms with Crippen molar-refractivity contribution in [1.29, 1.82) is 0 Å². The first-order chi connectivity index (χ1) is 13.5. The van der Waals surface area contributed by atoms with Gasteiger partial charge in [-0.2, -0.15) is 0 Å². The monoisotopic (exact) mass is 501 g/mol. The van der Waals surface area contributed by atoms with Gasteiger partial charge >= 0.3 is 6.09 Å². The number of fused-ring (bicyclic) bond motifs is 2. The molecule has 28 heavy (non-hydrogen) atoms. The first kappa shape index (κ1) is 21.8. The van der Waals surface area contributed by atoms with Gasteiger partial charge < -0.3 is 14.6 Å². The van der Waals surface area contributed by atoms with E-state index in [9.17, 15) is 9.90 Å². The Morgan fingerprint density at radius 2 is 2.07 bits per heavy atom. The summed E-state index contributed by atoms with van der Waals surface area (Å²) in [6.45, 7) is 2.23. The highest BCUT2D eigenvalue weighted by Crippen LogP contribution is 2.51. The molecule has 6 heteroatoms. The molecule has 2 saturated carbocycles. The fourth-order valence-electron chi connectivity index (χ4n) is 5.24. The molecule has 1 aromatic carbocycles. The summed E-state index contributed by atoms with van der Waals surface area (Å²) < 4.78 is 12.7. The molecule has 2 bridgehead atoms. The lowest BCUT2D eigenvalue weighted by Gasteiger charge is -2.47. The van der Waals surface area contributed by atoms with Gasteiger partial charge in [-0.05, 0) is 66.2 Å². The van der Waals surface area contributed by atoms with Crippen molar-refractivity contribution in [1.82, 2.24) is 4.90 Å². The van der Waals surface area contributed by atoms with E-state index in [0.29, 0.717) is 18.3 Å². The van der Waals surface area contributed by atoms with Gasteiger partial charge in [-0.3, -0.25) is 4.90 Å². The normalized spacial score (nSPS) is 25.6. The highest BCUT2D eigenvalue weighted by Gasteiger charge is 2.53. The maximum atomic E-state index is 12.7. The van der Waals surface area contributed by atoms with Crippen LogP contribution >= 0.6 is 22.6 Å². The van der Waals surface area contributed by atoms with Gasteiger partial charge in [0, 0.05) is 28.7 Å². The molecule has 0 aromatic heterocycles. The van der Waals surface area contributed by atoms with E-state index in [1.807, 2.05) is 24.3 Å². The maximum absolute atomic E-state index is 12.7. The number of hydrogen-bond acceptors (Lipinski definition) is 3. The van der Waals surface area contributed by atoms with Crippen LogP contribution in [-0.2, 0) is 15.2 Å². The van der Waals surface area contributed by atoms with E-state index in [1.165, 1.54) is 6.42 Å². The van der Waals surface area contributed by atoms with E-state index >= 15 is 0 Å². The third kappa shape index (κ3) is 4.33. The van der Waals surface area contributed by atoms with Gasteiger partial charge in [-0.15, -0.1) is 0 Å². The fraction of sp³-hybridized carbons (Fsp3) is 0.682. The van der Waals surface area contributed by atoms with Crippen LogP contribution in [0.1, 0.15) is 63.9 Å². The Hall–Kier alpha value is -0.860. The molecule has 5 nitrogen and oxygen atoms in total. The zero-order chi connectivity index (χ0) is 20.1. The number of benzene rings is 1. The average Bonchev–Trinajstić information content (AvgIpc) is 3.29. The lowest BCUT2D eigenvalue weighted by Crippen LogP contribution is -2.57. The average molecular weight is 501 g/mol. The summed E-state index contributed by atoms with van der Waals surface area (Å²) in [7, 11) is 1.59. The predicted octanol–water partition coefficient (Wildman–Crippen LogP) is 5.81. The number of rotatable bonds is 10. The van der Waals surface area contributed by atoms with Crippen molar-refractivity contribution in [2.75, 3.05) is 13.9 Å². The van der Waals surface area contributed by atoms with E-state index in [0.717, 1.165) is 47.7 Å². The molecule has 0 spiro atoms. The Kier molecular flexibility index (Phi) is 7.61. The molecule has 2 fully saturated rings. The number of halogens is 1. The van der Waals surface area contributed by atoms with E-state index in [4.69, 9.17) is 9.47 Å². The Balaban J connectivity index is 2.07. The minimum absolute atomic E-state index is 0.0192. The lowest BCUT2D eigenvalue weighted by atomic mass is 9.88. The van der Waals surface area contributed by atoms with Crippen LogP contribution in [0.5, 0.6) is 0 Å². The van der Waals surface area contributed by atoms with Crippen LogP contribution in [0.15, 0.2) is 24.3 Å². The second kappa shape index (κ2) is 9.76. The van der Waals surface area contributed by atoms with E-state index < -0.39 is 11.8 Å². The molecule has 0 radical (unpaired) electrons. The van der Waals surface area contributed by atoms with Crippen molar-refractivity contribution >= 4 is 28.7 Å². The molecule has 0 saturated heterocycles. The van der Waals surface area contributed by atoms with Crippen molar-refractivity contribution in [3.05, 3.63) is 33.4 Å². The minimum atomic E-state index is -1.01. The molecular weight excluding hydrogens is 469 g/mol. The number of methoxy groups -OCH3 is 1. The maximum Gasteiger partial charge on any atom is 0.410 e. The molecule has 156 valence electrons. The smallest absolute Gasteiger partial charge is 0.410 e. The second-order valence-corrected chi connectivity index (χ2v) is 9.33. The van der Waals surface area contributed by atoms with Gasteiger partial charge in [0.1, 0.15) is 6.79 Å². The summed E-state index contributed by atoms with van der Waals surface area (Å²) >= 11 is 2.30. The first-order valence-corrected chi connectivity index (χ1v) is 11.5. The van der Waals surface area contributed by atoms with Crippen LogP contribution in [0.25, 0.3) is 0 Å². The Morgan fingerprint density at radius 1 is 1.29 bits per heavy atom. The van der Waals surface area contributed by atoms with Crippen LogP contribution in [-0.4, -0.2) is 36.0 Å². The first-order valence-electron chi connectivity index (χ1n) is 10.4. The summed E-state index contributed by atoms with van der Waals surface area (Å²) in [5, 5.41) is 10.4. The zero-order valence-electron chi connectivity index (χ0n) is 16.9. The van der Waals surface area contributed by atoms with Crippen molar-refractivity contribution in [2.45, 2.75) is 70.1 Å². The molecule has 3 unspecified atom stereocenters.